The summed E-state index contributed by atoms with van der Waals surface area (Å²) in [5.41, 5.74) is 3.67. The molecule has 0 aliphatic carbocycles. The Morgan fingerprint density at radius 1 is 0.960 bits per heavy atom. The van der Waals surface area contributed by atoms with Gasteiger partial charge in [0.2, 0.25) is 11.8 Å². The van der Waals surface area contributed by atoms with Crippen molar-refractivity contribution in [1.82, 2.24) is 0 Å². The van der Waals surface area contributed by atoms with Gasteiger partial charge >= 0.3 is 0 Å². The Morgan fingerprint density at radius 2 is 1.56 bits per heavy atom. The maximum absolute atomic E-state index is 12.4. The van der Waals surface area contributed by atoms with Crippen molar-refractivity contribution in [3.8, 4) is 0 Å². The summed E-state index contributed by atoms with van der Waals surface area (Å²) in [6.45, 7) is 6.64. The summed E-state index contributed by atoms with van der Waals surface area (Å²) in [5.74, 6) is -0.597. The van der Waals surface area contributed by atoms with Crippen LogP contribution in [0.1, 0.15) is 35.3 Å². The molecule has 0 radical (unpaired) electrons. The van der Waals surface area contributed by atoms with Crippen LogP contribution in [-0.4, -0.2) is 24.1 Å². The number of ketones is 1. The van der Waals surface area contributed by atoms with E-state index in [0.29, 0.717) is 11.3 Å². The molecule has 0 saturated carbocycles. The predicted octanol–water partition coefficient (Wildman–Crippen LogP) is 3.50. The van der Waals surface area contributed by atoms with Crippen LogP contribution in [0.25, 0.3) is 0 Å². The maximum Gasteiger partial charge on any atom is 0.244 e. The second-order valence-corrected chi connectivity index (χ2v) is 6.03. The highest BCUT2D eigenvalue weighted by Gasteiger charge is 2.19. The molecule has 0 spiro atoms. The van der Waals surface area contributed by atoms with Crippen molar-refractivity contribution in [2.45, 2.75) is 27.7 Å². The van der Waals surface area contributed by atoms with Gasteiger partial charge in [-0.25, -0.2) is 0 Å². The van der Waals surface area contributed by atoms with Gasteiger partial charge < -0.3 is 10.2 Å². The van der Waals surface area contributed by atoms with E-state index in [1.807, 2.05) is 32.0 Å². The lowest BCUT2D eigenvalue weighted by Crippen LogP contribution is -2.37. The number of hydrogen-bond acceptors (Lipinski definition) is 3. The van der Waals surface area contributed by atoms with Gasteiger partial charge in [0.1, 0.15) is 6.54 Å². The van der Waals surface area contributed by atoms with E-state index in [9.17, 15) is 14.4 Å². The second kappa shape index (κ2) is 7.75. The number of benzene rings is 2. The van der Waals surface area contributed by atoms with Crippen LogP contribution in [0.2, 0.25) is 0 Å². The van der Waals surface area contributed by atoms with Crippen LogP contribution in [0, 0.1) is 13.8 Å². The van der Waals surface area contributed by atoms with Crippen molar-refractivity contribution in [3.05, 3.63) is 59.2 Å². The number of rotatable bonds is 5. The van der Waals surface area contributed by atoms with Gasteiger partial charge in [-0.3, -0.25) is 14.4 Å². The molecule has 1 N–H and O–H groups in total. The average molecular weight is 338 g/mol. The van der Waals surface area contributed by atoms with Crippen LogP contribution in [0.15, 0.2) is 42.5 Å². The minimum absolute atomic E-state index is 0.0722. The summed E-state index contributed by atoms with van der Waals surface area (Å²) in [7, 11) is 0. The third-order valence-electron chi connectivity index (χ3n) is 3.94. The summed E-state index contributed by atoms with van der Waals surface area (Å²) in [4.78, 5) is 37.4. The average Bonchev–Trinajstić information content (AvgIpc) is 2.53. The zero-order valence-electron chi connectivity index (χ0n) is 14.9. The van der Waals surface area contributed by atoms with Gasteiger partial charge in [-0.15, -0.1) is 0 Å². The lowest BCUT2D eigenvalue weighted by Gasteiger charge is -2.24. The van der Waals surface area contributed by atoms with Crippen LogP contribution < -0.4 is 10.2 Å². The van der Waals surface area contributed by atoms with Gasteiger partial charge in [-0.05, 0) is 44.0 Å². The first kappa shape index (κ1) is 18.4. The summed E-state index contributed by atoms with van der Waals surface area (Å²) in [5, 5.41) is 2.75. The first-order valence-corrected chi connectivity index (χ1v) is 8.04. The van der Waals surface area contributed by atoms with Crippen molar-refractivity contribution in [2.24, 2.45) is 0 Å². The van der Waals surface area contributed by atoms with E-state index in [0.717, 1.165) is 16.8 Å². The quantitative estimate of drug-likeness (QED) is 0.849. The van der Waals surface area contributed by atoms with Crippen LogP contribution in [-0.2, 0) is 9.59 Å². The molecule has 0 aromatic heterocycles. The van der Waals surface area contributed by atoms with E-state index in [4.69, 9.17) is 0 Å². The standard InChI is InChI=1S/C20H22N2O3/c1-13-7-5-8-14(2)20(13)22(16(4)24)12-19(25)21-18-10-6-9-17(11-18)15(3)23/h5-11H,12H2,1-4H3,(H,21,25). The summed E-state index contributed by atoms with van der Waals surface area (Å²) < 4.78 is 0. The van der Waals surface area contributed by atoms with E-state index in [1.165, 1.54) is 18.7 Å². The topological polar surface area (TPSA) is 66.5 Å². The molecule has 0 atom stereocenters. The highest BCUT2D eigenvalue weighted by molar-refractivity contribution is 6.03. The van der Waals surface area contributed by atoms with Crippen LogP contribution >= 0.6 is 0 Å². The summed E-state index contributed by atoms with van der Waals surface area (Å²) in [6, 6.07) is 12.5. The van der Waals surface area contributed by atoms with E-state index >= 15 is 0 Å². The molecule has 25 heavy (non-hydrogen) atoms. The fourth-order valence-electron chi connectivity index (χ4n) is 2.74. The number of carbonyl (C=O) groups excluding carboxylic acids is 3. The summed E-state index contributed by atoms with van der Waals surface area (Å²) in [6.07, 6.45) is 0. The summed E-state index contributed by atoms with van der Waals surface area (Å²) >= 11 is 0. The molecule has 0 heterocycles. The Bertz CT molecular complexity index is 807. The number of hydrogen-bond donors (Lipinski definition) is 1. The van der Waals surface area contributed by atoms with E-state index < -0.39 is 0 Å². The second-order valence-electron chi connectivity index (χ2n) is 6.03. The molecule has 5 heteroatoms. The van der Waals surface area contributed by atoms with Crippen LogP contribution in [0.3, 0.4) is 0 Å². The van der Waals surface area contributed by atoms with Crippen molar-refractivity contribution >= 4 is 29.0 Å². The van der Waals surface area contributed by atoms with Crippen LogP contribution in [0.5, 0.6) is 0 Å². The zero-order valence-corrected chi connectivity index (χ0v) is 14.9. The molecule has 0 fully saturated rings. The lowest BCUT2D eigenvalue weighted by atomic mass is 10.1. The fourth-order valence-corrected chi connectivity index (χ4v) is 2.74. The third kappa shape index (κ3) is 4.53. The normalized spacial score (nSPS) is 10.2. The third-order valence-corrected chi connectivity index (χ3v) is 3.94. The van der Waals surface area contributed by atoms with Gasteiger partial charge in [0.25, 0.3) is 0 Å². The van der Waals surface area contributed by atoms with Crippen molar-refractivity contribution in [1.29, 1.82) is 0 Å². The molecule has 0 saturated heterocycles. The molecule has 0 aliphatic rings. The molecule has 2 aromatic carbocycles. The minimum Gasteiger partial charge on any atom is -0.325 e. The van der Waals surface area contributed by atoms with Crippen molar-refractivity contribution in [3.63, 3.8) is 0 Å². The first-order chi connectivity index (χ1) is 11.8. The zero-order chi connectivity index (χ0) is 18.6. The Hall–Kier alpha value is -2.95. The molecule has 5 nitrogen and oxygen atoms in total. The van der Waals surface area contributed by atoms with E-state index in [1.54, 1.807) is 24.3 Å². The Labute approximate surface area is 147 Å². The highest BCUT2D eigenvalue weighted by Crippen LogP contribution is 2.24. The predicted molar refractivity (Wildman–Crippen MR) is 99.0 cm³/mol. The van der Waals surface area contributed by atoms with Gasteiger partial charge in [-0.1, -0.05) is 30.3 Å². The fraction of sp³-hybridized carbons (Fsp3) is 0.250. The lowest BCUT2D eigenvalue weighted by molar-refractivity contribution is -0.120. The van der Waals surface area contributed by atoms with E-state index in [-0.39, 0.29) is 24.1 Å². The smallest absolute Gasteiger partial charge is 0.244 e. The Morgan fingerprint density at radius 3 is 2.12 bits per heavy atom. The van der Waals surface area contributed by atoms with Crippen LogP contribution in [0.4, 0.5) is 11.4 Å². The van der Waals surface area contributed by atoms with Gasteiger partial charge in [0.05, 0.1) is 5.69 Å². The molecular weight excluding hydrogens is 316 g/mol. The monoisotopic (exact) mass is 338 g/mol. The number of carbonyl (C=O) groups is 3. The minimum atomic E-state index is -0.321. The largest absolute Gasteiger partial charge is 0.325 e. The number of nitrogens with zero attached hydrogens (tertiary/aromatic N) is 1. The SMILES string of the molecule is CC(=O)c1cccc(NC(=O)CN(C(C)=O)c2c(C)cccc2C)c1. The number of anilines is 2. The molecular formula is C20H22N2O3. The molecule has 130 valence electrons. The molecule has 2 rings (SSSR count). The van der Waals surface area contributed by atoms with Gasteiger partial charge in [0.15, 0.2) is 5.78 Å². The maximum atomic E-state index is 12.4. The number of Topliss-reactive ketones (excluding diaryl/α,β-unsaturated/α-hetero) is 1. The number of amides is 2. The molecule has 0 bridgehead atoms. The Balaban J connectivity index is 2.20. The van der Waals surface area contributed by atoms with Gasteiger partial charge in [-0.2, -0.15) is 0 Å². The molecule has 0 unspecified atom stereocenters. The molecule has 2 amide bonds. The molecule has 0 aliphatic heterocycles. The van der Waals surface area contributed by atoms with Crippen molar-refractivity contribution in [2.75, 3.05) is 16.8 Å². The van der Waals surface area contributed by atoms with Gasteiger partial charge in [0, 0.05) is 18.2 Å². The number of nitrogens with one attached hydrogen (secondary N) is 1. The molecule has 2 aromatic rings. The Kier molecular flexibility index (Phi) is 5.70. The van der Waals surface area contributed by atoms with E-state index in [2.05, 4.69) is 5.32 Å². The number of aryl methyl sites for hydroxylation is 2. The number of para-hydroxylation sites is 1. The highest BCUT2D eigenvalue weighted by atomic mass is 16.2. The first-order valence-electron chi connectivity index (χ1n) is 8.04. The van der Waals surface area contributed by atoms with Crippen molar-refractivity contribution < 1.29 is 14.4 Å².